The highest BCUT2D eigenvalue weighted by Crippen LogP contribution is 2.37. The standard InChI is InChI=1S/C23H17F4NO/c24-19-11-7-17(8-12-19)22(29)28-14-13-15-3-1-2-4-20(15)21(28)16-5-9-18(10-6-16)23(25,26)27/h1-12,21H,13-14H2/t21-/m1/s1. The molecular weight excluding hydrogens is 382 g/mol. The fraction of sp³-hybridized carbons (Fsp3) is 0.174. The minimum Gasteiger partial charge on any atom is -0.327 e. The van der Waals surface area contributed by atoms with Crippen molar-refractivity contribution in [2.24, 2.45) is 0 Å². The van der Waals surface area contributed by atoms with Gasteiger partial charge >= 0.3 is 6.18 Å². The van der Waals surface area contributed by atoms with Gasteiger partial charge in [-0.3, -0.25) is 4.79 Å². The first-order valence-electron chi connectivity index (χ1n) is 9.16. The molecule has 0 unspecified atom stereocenters. The summed E-state index contributed by atoms with van der Waals surface area (Å²) < 4.78 is 52.1. The third-order valence-electron chi connectivity index (χ3n) is 5.19. The van der Waals surface area contributed by atoms with Crippen LogP contribution < -0.4 is 0 Å². The lowest BCUT2D eigenvalue weighted by molar-refractivity contribution is -0.137. The fourth-order valence-corrected chi connectivity index (χ4v) is 3.76. The Balaban J connectivity index is 1.77. The lowest BCUT2D eigenvalue weighted by Gasteiger charge is -2.38. The van der Waals surface area contributed by atoms with E-state index >= 15 is 0 Å². The lowest BCUT2D eigenvalue weighted by Crippen LogP contribution is -2.40. The van der Waals surface area contributed by atoms with Crippen molar-refractivity contribution in [2.45, 2.75) is 18.6 Å². The number of fused-ring (bicyclic) bond motifs is 1. The molecule has 1 aliphatic rings. The van der Waals surface area contributed by atoms with E-state index in [0.29, 0.717) is 24.1 Å². The molecule has 148 valence electrons. The summed E-state index contributed by atoms with van der Waals surface area (Å²) in [5, 5.41) is 0. The second-order valence-electron chi connectivity index (χ2n) is 6.98. The largest absolute Gasteiger partial charge is 0.416 e. The maximum absolute atomic E-state index is 13.2. The van der Waals surface area contributed by atoms with Crippen LogP contribution in [0.4, 0.5) is 17.6 Å². The van der Waals surface area contributed by atoms with Gasteiger partial charge in [-0.05, 0) is 59.5 Å². The van der Waals surface area contributed by atoms with Crippen molar-refractivity contribution in [1.82, 2.24) is 4.90 Å². The molecule has 1 atom stereocenters. The summed E-state index contributed by atoms with van der Waals surface area (Å²) in [4.78, 5) is 14.8. The second kappa shape index (κ2) is 7.35. The molecule has 4 rings (SSSR count). The number of carbonyl (C=O) groups excluding carboxylic acids is 1. The van der Waals surface area contributed by atoms with Gasteiger partial charge in [0.15, 0.2) is 0 Å². The molecule has 3 aromatic rings. The molecule has 3 aromatic carbocycles. The van der Waals surface area contributed by atoms with Gasteiger partial charge in [-0.15, -0.1) is 0 Å². The molecule has 0 bridgehead atoms. The van der Waals surface area contributed by atoms with Crippen molar-refractivity contribution >= 4 is 5.91 Å². The summed E-state index contributed by atoms with van der Waals surface area (Å²) >= 11 is 0. The van der Waals surface area contributed by atoms with Crippen LogP contribution in [0.25, 0.3) is 0 Å². The van der Waals surface area contributed by atoms with Crippen molar-refractivity contribution in [2.75, 3.05) is 6.54 Å². The smallest absolute Gasteiger partial charge is 0.327 e. The maximum Gasteiger partial charge on any atom is 0.416 e. The third kappa shape index (κ3) is 3.75. The summed E-state index contributed by atoms with van der Waals surface area (Å²) in [5.41, 5.74) is 2.14. The van der Waals surface area contributed by atoms with E-state index < -0.39 is 23.6 Å². The lowest BCUT2D eigenvalue weighted by atomic mass is 9.87. The van der Waals surface area contributed by atoms with E-state index in [1.807, 2.05) is 24.3 Å². The SMILES string of the molecule is O=C(c1ccc(F)cc1)N1CCc2ccccc2[C@H]1c1ccc(C(F)(F)F)cc1. The van der Waals surface area contributed by atoms with E-state index in [1.165, 1.54) is 36.4 Å². The molecular formula is C23H17F4NO. The first-order chi connectivity index (χ1) is 13.8. The summed E-state index contributed by atoms with van der Waals surface area (Å²) in [6, 6.07) is 17.3. The van der Waals surface area contributed by atoms with Crippen LogP contribution in [0.3, 0.4) is 0 Å². The van der Waals surface area contributed by atoms with Crippen LogP contribution >= 0.6 is 0 Å². The topological polar surface area (TPSA) is 20.3 Å². The van der Waals surface area contributed by atoms with Gasteiger partial charge in [-0.2, -0.15) is 13.2 Å². The summed E-state index contributed by atoms with van der Waals surface area (Å²) in [7, 11) is 0. The van der Waals surface area contributed by atoms with Gasteiger partial charge in [0.05, 0.1) is 11.6 Å². The van der Waals surface area contributed by atoms with Crippen LogP contribution in [-0.4, -0.2) is 17.4 Å². The number of halogens is 4. The van der Waals surface area contributed by atoms with E-state index in [9.17, 15) is 22.4 Å². The van der Waals surface area contributed by atoms with Crippen molar-refractivity contribution in [3.05, 3.63) is 106 Å². The number of amides is 1. The molecule has 0 fully saturated rings. The highest BCUT2D eigenvalue weighted by molar-refractivity contribution is 5.95. The second-order valence-corrected chi connectivity index (χ2v) is 6.98. The van der Waals surface area contributed by atoms with Gasteiger partial charge in [0, 0.05) is 12.1 Å². The van der Waals surface area contributed by atoms with Crippen LogP contribution in [0, 0.1) is 5.82 Å². The highest BCUT2D eigenvalue weighted by atomic mass is 19.4. The molecule has 0 saturated heterocycles. The van der Waals surface area contributed by atoms with Crippen LogP contribution in [-0.2, 0) is 12.6 Å². The Morgan fingerprint density at radius 3 is 2.21 bits per heavy atom. The highest BCUT2D eigenvalue weighted by Gasteiger charge is 2.34. The predicted octanol–water partition coefficient (Wildman–Crippen LogP) is 5.63. The molecule has 1 aliphatic heterocycles. The zero-order chi connectivity index (χ0) is 20.6. The van der Waals surface area contributed by atoms with E-state index in [0.717, 1.165) is 23.3 Å². The molecule has 1 heterocycles. The number of carbonyl (C=O) groups is 1. The molecule has 0 N–H and O–H groups in total. The molecule has 0 saturated carbocycles. The molecule has 29 heavy (non-hydrogen) atoms. The molecule has 0 spiro atoms. The van der Waals surface area contributed by atoms with E-state index in [2.05, 4.69) is 0 Å². The molecule has 0 radical (unpaired) electrons. The van der Waals surface area contributed by atoms with Crippen LogP contribution in [0.15, 0.2) is 72.8 Å². The Kier molecular flexibility index (Phi) is 4.86. The number of benzene rings is 3. The Morgan fingerprint density at radius 2 is 1.55 bits per heavy atom. The molecule has 2 nitrogen and oxygen atoms in total. The van der Waals surface area contributed by atoms with Gasteiger partial charge in [0.2, 0.25) is 0 Å². The summed E-state index contributed by atoms with van der Waals surface area (Å²) in [6.07, 6.45) is -3.78. The van der Waals surface area contributed by atoms with Crippen molar-refractivity contribution in [3.63, 3.8) is 0 Å². The van der Waals surface area contributed by atoms with E-state index in [-0.39, 0.29) is 5.91 Å². The van der Waals surface area contributed by atoms with Crippen molar-refractivity contribution < 1.29 is 22.4 Å². The Morgan fingerprint density at radius 1 is 0.897 bits per heavy atom. The minimum absolute atomic E-state index is 0.288. The Bertz CT molecular complexity index is 1030. The molecule has 0 aliphatic carbocycles. The van der Waals surface area contributed by atoms with Gasteiger partial charge in [-0.25, -0.2) is 4.39 Å². The van der Waals surface area contributed by atoms with Gasteiger partial charge < -0.3 is 4.90 Å². The Hall–Kier alpha value is -3.15. The number of hydrogen-bond donors (Lipinski definition) is 0. The predicted molar refractivity (Wildman–Crippen MR) is 101 cm³/mol. The van der Waals surface area contributed by atoms with Crippen molar-refractivity contribution in [1.29, 1.82) is 0 Å². The van der Waals surface area contributed by atoms with Crippen molar-refractivity contribution in [3.8, 4) is 0 Å². The first-order valence-corrected chi connectivity index (χ1v) is 9.16. The normalized spacial score (nSPS) is 16.4. The summed E-state index contributed by atoms with van der Waals surface area (Å²) in [6.45, 7) is 0.416. The average molecular weight is 399 g/mol. The molecule has 0 aromatic heterocycles. The number of nitrogens with zero attached hydrogens (tertiary/aromatic N) is 1. The quantitative estimate of drug-likeness (QED) is 0.511. The maximum atomic E-state index is 13.2. The third-order valence-corrected chi connectivity index (χ3v) is 5.19. The van der Waals surface area contributed by atoms with Gasteiger partial charge in [0.1, 0.15) is 5.82 Å². The zero-order valence-electron chi connectivity index (χ0n) is 15.3. The van der Waals surface area contributed by atoms with E-state index in [1.54, 1.807) is 4.90 Å². The Labute approximate surface area is 165 Å². The molecule has 6 heteroatoms. The van der Waals surface area contributed by atoms with Gasteiger partial charge in [-0.1, -0.05) is 36.4 Å². The van der Waals surface area contributed by atoms with E-state index in [4.69, 9.17) is 0 Å². The number of alkyl halides is 3. The monoisotopic (exact) mass is 399 g/mol. The number of rotatable bonds is 2. The number of hydrogen-bond acceptors (Lipinski definition) is 1. The van der Waals surface area contributed by atoms with Gasteiger partial charge in [0.25, 0.3) is 5.91 Å². The first kappa shape index (κ1) is 19.2. The average Bonchev–Trinajstić information content (AvgIpc) is 2.72. The molecule has 1 amide bonds. The minimum atomic E-state index is -4.42. The van der Waals surface area contributed by atoms with Crippen LogP contribution in [0.2, 0.25) is 0 Å². The van der Waals surface area contributed by atoms with Crippen LogP contribution in [0.5, 0.6) is 0 Å². The summed E-state index contributed by atoms with van der Waals surface area (Å²) in [5.74, 6) is -0.728. The fourth-order valence-electron chi connectivity index (χ4n) is 3.76. The zero-order valence-corrected chi connectivity index (χ0v) is 15.3. The van der Waals surface area contributed by atoms with Crippen LogP contribution in [0.1, 0.15) is 38.7 Å².